The van der Waals surface area contributed by atoms with Gasteiger partial charge in [-0.15, -0.1) is 0 Å². The molecule has 0 atom stereocenters. The highest BCUT2D eigenvalue weighted by molar-refractivity contribution is 5.77. The average Bonchev–Trinajstić information content (AvgIpc) is 2.42. The van der Waals surface area contributed by atoms with Crippen molar-refractivity contribution in [1.82, 2.24) is 4.90 Å². The predicted octanol–water partition coefficient (Wildman–Crippen LogP) is 2.08. The highest BCUT2D eigenvalue weighted by Crippen LogP contribution is 2.13. The number of ether oxygens (including phenoxy) is 2. The van der Waals surface area contributed by atoms with Crippen molar-refractivity contribution in [3.8, 4) is 5.75 Å². The van der Waals surface area contributed by atoms with Crippen LogP contribution in [-0.4, -0.2) is 37.7 Å². The van der Waals surface area contributed by atoms with E-state index in [1.165, 1.54) is 0 Å². The van der Waals surface area contributed by atoms with E-state index in [1.807, 2.05) is 38.1 Å². The molecule has 1 rings (SSSR count). The van der Waals surface area contributed by atoms with E-state index >= 15 is 0 Å². The fourth-order valence-electron chi connectivity index (χ4n) is 1.61. The molecule has 1 aromatic rings. The first-order valence-electron chi connectivity index (χ1n) is 6.19. The zero-order valence-corrected chi connectivity index (χ0v) is 11.3. The van der Waals surface area contributed by atoms with Crippen molar-refractivity contribution in [1.29, 1.82) is 0 Å². The Morgan fingerprint density at radius 2 is 1.89 bits per heavy atom. The van der Waals surface area contributed by atoms with Crippen LogP contribution in [0.1, 0.15) is 19.4 Å². The lowest BCUT2D eigenvalue weighted by Gasteiger charge is -2.21. The molecule has 4 heteroatoms. The van der Waals surface area contributed by atoms with Gasteiger partial charge in [0.1, 0.15) is 12.4 Å². The van der Waals surface area contributed by atoms with Gasteiger partial charge in [0, 0.05) is 19.7 Å². The fourth-order valence-corrected chi connectivity index (χ4v) is 1.61. The number of hydrogen-bond acceptors (Lipinski definition) is 3. The van der Waals surface area contributed by atoms with Crippen LogP contribution >= 0.6 is 0 Å². The van der Waals surface area contributed by atoms with Gasteiger partial charge in [-0.2, -0.15) is 0 Å². The minimum absolute atomic E-state index is 0.0233. The number of likely N-dealkylation sites (N-methyl/N-ethyl adjacent to an activating group) is 1. The number of hydrogen-bond donors (Lipinski definition) is 0. The first-order chi connectivity index (χ1) is 8.71. The van der Waals surface area contributed by atoms with Crippen molar-refractivity contribution in [2.45, 2.75) is 20.4 Å². The van der Waals surface area contributed by atoms with Crippen LogP contribution in [-0.2, 0) is 16.1 Å². The van der Waals surface area contributed by atoms with Gasteiger partial charge in [0.2, 0.25) is 5.91 Å². The molecule has 0 fully saturated rings. The number of methoxy groups -OCH3 is 1. The second kappa shape index (κ2) is 7.71. The third kappa shape index (κ3) is 4.37. The first kappa shape index (κ1) is 14.5. The summed E-state index contributed by atoms with van der Waals surface area (Å²) < 4.78 is 10.2. The summed E-state index contributed by atoms with van der Waals surface area (Å²) in [6, 6.07) is 7.73. The van der Waals surface area contributed by atoms with Crippen molar-refractivity contribution in [3.05, 3.63) is 29.8 Å². The van der Waals surface area contributed by atoms with E-state index in [4.69, 9.17) is 9.47 Å². The van der Waals surface area contributed by atoms with Gasteiger partial charge in [0.05, 0.1) is 7.11 Å². The zero-order valence-electron chi connectivity index (χ0n) is 11.3. The van der Waals surface area contributed by atoms with Crippen LogP contribution in [0.3, 0.4) is 0 Å². The monoisotopic (exact) mass is 251 g/mol. The summed E-state index contributed by atoms with van der Waals surface area (Å²) in [7, 11) is 1.64. The maximum absolute atomic E-state index is 11.8. The number of amides is 1. The highest BCUT2D eigenvalue weighted by Gasteiger charge is 2.11. The van der Waals surface area contributed by atoms with E-state index in [2.05, 4.69) is 0 Å². The molecule has 0 aromatic heterocycles. The van der Waals surface area contributed by atoms with E-state index < -0.39 is 0 Å². The Kier molecular flexibility index (Phi) is 6.22. The molecular formula is C14H21NO3. The Hall–Kier alpha value is -1.55. The number of nitrogens with zero attached hydrogens (tertiary/aromatic N) is 1. The molecule has 0 heterocycles. The molecule has 100 valence electrons. The molecule has 0 radical (unpaired) electrons. The molecule has 0 spiro atoms. The SMILES string of the molecule is CCOCC(=O)N(CC)Cc1ccc(OC)cc1. The molecule has 0 aliphatic carbocycles. The lowest BCUT2D eigenvalue weighted by molar-refractivity contribution is -0.136. The van der Waals surface area contributed by atoms with Crippen LogP contribution in [0.5, 0.6) is 5.75 Å². The van der Waals surface area contributed by atoms with Crippen molar-refractivity contribution in [2.24, 2.45) is 0 Å². The molecule has 0 N–H and O–H groups in total. The molecule has 0 aliphatic rings. The Labute approximate surface area is 108 Å². The van der Waals surface area contributed by atoms with Crippen LogP contribution in [0.4, 0.5) is 0 Å². The lowest BCUT2D eigenvalue weighted by Crippen LogP contribution is -2.33. The molecular weight excluding hydrogens is 230 g/mol. The van der Waals surface area contributed by atoms with Gasteiger partial charge in [-0.1, -0.05) is 12.1 Å². The molecule has 0 bridgehead atoms. The van der Waals surface area contributed by atoms with Crippen molar-refractivity contribution in [3.63, 3.8) is 0 Å². The Morgan fingerprint density at radius 3 is 2.39 bits per heavy atom. The van der Waals surface area contributed by atoms with Crippen LogP contribution in [0.25, 0.3) is 0 Å². The Bertz CT molecular complexity index is 362. The molecule has 0 saturated heterocycles. The van der Waals surface area contributed by atoms with E-state index in [0.29, 0.717) is 19.7 Å². The van der Waals surface area contributed by atoms with E-state index in [1.54, 1.807) is 12.0 Å². The van der Waals surface area contributed by atoms with Gasteiger partial charge in [-0.05, 0) is 31.5 Å². The molecule has 1 aromatic carbocycles. The largest absolute Gasteiger partial charge is 0.497 e. The third-order valence-electron chi connectivity index (χ3n) is 2.70. The molecule has 0 saturated carbocycles. The molecule has 18 heavy (non-hydrogen) atoms. The van der Waals surface area contributed by atoms with E-state index in [-0.39, 0.29) is 12.5 Å². The topological polar surface area (TPSA) is 38.8 Å². The molecule has 0 aliphatic heterocycles. The second-order valence-electron chi connectivity index (χ2n) is 3.89. The van der Waals surface area contributed by atoms with Gasteiger partial charge in [0.15, 0.2) is 0 Å². The van der Waals surface area contributed by atoms with Gasteiger partial charge in [-0.25, -0.2) is 0 Å². The summed E-state index contributed by atoms with van der Waals surface area (Å²) >= 11 is 0. The van der Waals surface area contributed by atoms with Gasteiger partial charge >= 0.3 is 0 Å². The van der Waals surface area contributed by atoms with Crippen LogP contribution in [0.2, 0.25) is 0 Å². The van der Waals surface area contributed by atoms with Gasteiger partial charge in [-0.3, -0.25) is 4.79 Å². The Morgan fingerprint density at radius 1 is 1.22 bits per heavy atom. The summed E-state index contributed by atoms with van der Waals surface area (Å²) in [5, 5.41) is 0. The van der Waals surface area contributed by atoms with Gasteiger partial charge in [0.25, 0.3) is 0 Å². The minimum Gasteiger partial charge on any atom is -0.497 e. The number of carbonyl (C=O) groups excluding carboxylic acids is 1. The third-order valence-corrected chi connectivity index (χ3v) is 2.70. The van der Waals surface area contributed by atoms with Crippen molar-refractivity contribution in [2.75, 3.05) is 26.9 Å². The van der Waals surface area contributed by atoms with Crippen LogP contribution in [0, 0.1) is 0 Å². The maximum atomic E-state index is 11.8. The molecule has 1 amide bonds. The summed E-state index contributed by atoms with van der Waals surface area (Å²) in [6.07, 6.45) is 0. The van der Waals surface area contributed by atoms with E-state index in [9.17, 15) is 4.79 Å². The summed E-state index contributed by atoms with van der Waals surface area (Å²) in [5.41, 5.74) is 1.09. The number of carbonyl (C=O) groups is 1. The number of rotatable bonds is 7. The lowest BCUT2D eigenvalue weighted by atomic mass is 10.2. The maximum Gasteiger partial charge on any atom is 0.248 e. The normalized spacial score (nSPS) is 10.2. The quantitative estimate of drug-likeness (QED) is 0.744. The zero-order chi connectivity index (χ0) is 13.4. The van der Waals surface area contributed by atoms with Crippen LogP contribution < -0.4 is 4.74 Å². The fraction of sp³-hybridized carbons (Fsp3) is 0.500. The predicted molar refractivity (Wildman–Crippen MR) is 70.6 cm³/mol. The average molecular weight is 251 g/mol. The smallest absolute Gasteiger partial charge is 0.248 e. The highest BCUT2D eigenvalue weighted by atomic mass is 16.5. The minimum atomic E-state index is 0.0233. The van der Waals surface area contributed by atoms with E-state index in [0.717, 1.165) is 11.3 Å². The van der Waals surface area contributed by atoms with Crippen molar-refractivity contribution >= 4 is 5.91 Å². The van der Waals surface area contributed by atoms with Crippen LogP contribution in [0.15, 0.2) is 24.3 Å². The summed E-state index contributed by atoms with van der Waals surface area (Å²) in [5.74, 6) is 0.845. The summed E-state index contributed by atoms with van der Waals surface area (Å²) in [4.78, 5) is 13.6. The Balaban J connectivity index is 2.58. The second-order valence-corrected chi connectivity index (χ2v) is 3.89. The van der Waals surface area contributed by atoms with Crippen molar-refractivity contribution < 1.29 is 14.3 Å². The van der Waals surface area contributed by atoms with Gasteiger partial charge < -0.3 is 14.4 Å². The standard InChI is InChI=1S/C14H21NO3/c1-4-15(14(16)11-18-5-2)10-12-6-8-13(17-3)9-7-12/h6-9H,4-5,10-11H2,1-3H3. The molecule has 0 unspecified atom stereocenters. The first-order valence-corrected chi connectivity index (χ1v) is 6.19. The summed E-state index contributed by atoms with van der Waals surface area (Å²) in [6.45, 7) is 5.84. The number of benzene rings is 1. The molecule has 4 nitrogen and oxygen atoms in total.